The van der Waals surface area contributed by atoms with Gasteiger partial charge in [-0.3, -0.25) is 14.9 Å². The average molecular weight is 378 g/mol. The third-order valence-corrected chi connectivity index (χ3v) is 3.66. The quantitative estimate of drug-likeness (QED) is 0.343. The zero-order chi connectivity index (χ0) is 17.0. The van der Waals surface area contributed by atoms with E-state index in [1.807, 2.05) is 0 Å². The minimum atomic E-state index is -0.701. The summed E-state index contributed by atoms with van der Waals surface area (Å²) < 4.78 is 5.80. The van der Waals surface area contributed by atoms with E-state index in [4.69, 9.17) is 4.74 Å². The molecule has 0 N–H and O–H groups in total. The van der Waals surface area contributed by atoms with E-state index in [1.54, 1.807) is 24.3 Å². The van der Waals surface area contributed by atoms with Crippen molar-refractivity contribution >= 4 is 33.4 Å². The molecular formula is C16H12BrNO5. The molecule has 0 spiro atoms. The summed E-state index contributed by atoms with van der Waals surface area (Å²) in [5, 5.41) is 10.7. The van der Waals surface area contributed by atoms with Crippen LogP contribution < -0.4 is 0 Å². The maximum Gasteiger partial charge on any atom is 0.338 e. The molecule has 0 radical (unpaired) electrons. The highest BCUT2D eigenvalue weighted by Gasteiger charge is 2.16. The summed E-state index contributed by atoms with van der Waals surface area (Å²) in [6.07, 6.45) is 0. The third kappa shape index (κ3) is 4.23. The van der Waals surface area contributed by atoms with Crippen LogP contribution in [-0.4, -0.2) is 23.3 Å². The summed E-state index contributed by atoms with van der Waals surface area (Å²) in [4.78, 5) is 34.1. The predicted molar refractivity (Wildman–Crippen MR) is 86.6 cm³/mol. The lowest BCUT2D eigenvalue weighted by atomic mass is 10.1. The molecule has 0 aliphatic heterocycles. The van der Waals surface area contributed by atoms with Gasteiger partial charge in [0.1, 0.15) is 0 Å². The highest BCUT2D eigenvalue weighted by Crippen LogP contribution is 2.19. The second-order valence-electron chi connectivity index (χ2n) is 4.76. The lowest BCUT2D eigenvalue weighted by Crippen LogP contribution is -2.14. The van der Waals surface area contributed by atoms with Crippen LogP contribution in [0.4, 0.5) is 5.69 Å². The van der Waals surface area contributed by atoms with E-state index in [0.717, 1.165) is 4.47 Å². The number of Topliss-reactive ketones (excluding diaryl/α,β-unsaturated/α-hetero) is 1. The summed E-state index contributed by atoms with van der Waals surface area (Å²) in [6.45, 7) is 1.14. The molecule has 0 atom stereocenters. The third-order valence-electron chi connectivity index (χ3n) is 3.13. The Kier molecular flexibility index (Phi) is 5.23. The lowest BCUT2D eigenvalue weighted by molar-refractivity contribution is -0.385. The molecule has 2 aromatic rings. The fourth-order valence-electron chi connectivity index (χ4n) is 1.92. The van der Waals surface area contributed by atoms with Crippen LogP contribution in [0.1, 0.15) is 26.3 Å². The van der Waals surface area contributed by atoms with Gasteiger partial charge in [0, 0.05) is 21.7 Å². The number of halogens is 1. The molecule has 7 heteroatoms. The van der Waals surface area contributed by atoms with Gasteiger partial charge in [0.2, 0.25) is 0 Å². The number of ketones is 1. The summed E-state index contributed by atoms with van der Waals surface area (Å²) in [6, 6.07) is 10.6. The van der Waals surface area contributed by atoms with Crippen molar-refractivity contribution in [1.82, 2.24) is 0 Å². The van der Waals surface area contributed by atoms with Gasteiger partial charge in [-0.1, -0.05) is 28.1 Å². The van der Waals surface area contributed by atoms with Crippen LogP contribution in [0.5, 0.6) is 0 Å². The number of aryl methyl sites for hydroxylation is 1. The number of rotatable bonds is 5. The number of ether oxygens (including phenoxy) is 1. The molecule has 0 heterocycles. The summed E-state index contributed by atoms with van der Waals surface area (Å²) in [7, 11) is 0. The topological polar surface area (TPSA) is 86.5 Å². The van der Waals surface area contributed by atoms with Crippen molar-refractivity contribution in [3.63, 3.8) is 0 Å². The zero-order valence-electron chi connectivity index (χ0n) is 12.1. The van der Waals surface area contributed by atoms with Crippen molar-refractivity contribution in [2.45, 2.75) is 6.92 Å². The van der Waals surface area contributed by atoms with Crippen molar-refractivity contribution in [1.29, 1.82) is 0 Å². The highest BCUT2D eigenvalue weighted by molar-refractivity contribution is 9.10. The fourth-order valence-corrected chi connectivity index (χ4v) is 2.19. The van der Waals surface area contributed by atoms with Gasteiger partial charge in [0.15, 0.2) is 12.4 Å². The molecule has 0 bridgehead atoms. The van der Waals surface area contributed by atoms with Crippen molar-refractivity contribution in [2.75, 3.05) is 6.61 Å². The van der Waals surface area contributed by atoms with Crippen LogP contribution >= 0.6 is 15.9 Å². The van der Waals surface area contributed by atoms with Gasteiger partial charge in [-0.25, -0.2) is 4.79 Å². The second-order valence-corrected chi connectivity index (χ2v) is 5.68. The first kappa shape index (κ1) is 16.8. The molecule has 2 aromatic carbocycles. The van der Waals surface area contributed by atoms with Gasteiger partial charge in [0.05, 0.1) is 10.5 Å². The summed E-state index contributed by atoms with van der Waals surface area (Å²) in [5.41, 5.74) is 0.869. The molecule has 0 amide bonds. The van der Waals surface area contributed by atoms with E-state index in [2.05, 4.69) is 15.9 Å². The van der Waals surface area contributed by atoms with E-state index in [9.17, 15) is 19.7 Å². The number of carbonyl (C=O) groups is 2. The number of nitro benzene ring substituents is 1. The van der Waals surface area contributed by atoms with Crippen molar-refractivity contribution < 1.29 is 19.2 Å². The SMILES string of the molecule is Cc1cc(C(=O)OCC(=O)c2ccc(Br)cc2)ccc1[N+](=O)[O-]. The molecule has 0 aliphatic carbocycles. The normalized spacial score (nSPS) is 10.2. The molecule has 118 valence electrons. The Hall–Kier alpha value is -2.54. The van der Waals surface area contributed by atoms with Gasteiger partial charge >= 0.3 is 5.97 Å². The molecule has 23 heavy (non-hydrogen) atoms. The van der Waals surface area contributed by atoms with Crippen molar-refractivity contribution in [2.24, 2.45) is 0 Å². The number of benzene rings is 2. The Morgan fingerprint density at radius 3 is 2.30 bits per heavy atom. The largest absolute Gasteiger partial charge is 0.454 e. The Morgan fingerprint density at radius 1 is 1.13 bits per heavy atom. The number of esters is 1. The molecule has 6 nitrogen and oxygen atoms in total. The maximum absolute atomic E-state index is 11.9. The van der Waals surface area contributed by atoms with E-state index in [0.29, 0.717) is 11.1 Å². The molecule has 0 unspecified atom stereocenters. The molecule has 0 fully saturated rings. The van der Waals surface area contributed by atoms with Crippen LogP contribution in [-0.2, 0) is 4.74 Å². The number of nitrogens with zero attached hydrogens (tertiary/aromatic N) is 1. The van der Waals surface area contributed by atoms with Crippen LogP contribution in [0.25, 0.3) is 0 Å². The van der Waals surface area contributed by atoms with Crippen molar-refractivity contribution in [3.8, 4) is 0 Å². The minimum absolute atomic E-state index is 0.0764. The highest BCUT2D eigenvalue weighted by atomic mass is 79.9. The first-order chi connectivity index (χ1) is 10.9. The first-order valence-corrected chi connectivity index (χ1v) is 7.38. The number of nitro groups is 1. The van der Waals surface area contributed by atoms with Crippen LogP contribution in [0.3, 0.4) is 0 Å². The first-order valence-electron chi connectivity index (χ1n) is 6.59. The van der Waals surface area contributed by atoms with Gasteiger partial charge in [0.25, 0.3) is 5.69 Å². The minimum Gasteiger partial charge on any atom is -0.454 e. The van der Waals surface area contributed by atoms with Gasteiger partial charge in [-0.05, 0) is 31.2 Å². The predicted octanol–water partition coefficient (Wildman–Crippen LogP) is 3.71. The number of hydrogen-bond donors (Lipinski definition) is 0. The Morgan fingerprint density at radius 2 is 1.74 bits per heavy atom. The zero-order valence-corrected chi connectivity index (χ0v) is 13.7. The Balaban J connectivity index is 2.02. The lowest BCUT2D eigenvalue weighted by Gasteiger charge is -2.05. The van der Waals surface area contributed by atoms with E-state index >= 15 is 0 Å². The van der Waals surface area contributed by atoms with Crippen molar-refractivity contribution in [3.05, 3.63) is 73.7 Å². The van der Waals surface area contributed by atoms with E-state index < -0.39 is 17.5 Å². The number of hydrogen-bond acceptors (Lipinski definition) is 5. The van der Waals surface area contributed by atoms with Gasteiger partial charge < -0.3 is 4.74 Å². The monoisotopic (exact) mass is 377 g/mol. The number of carbonyl (C=O) groups excluding carboxylic acids is 2. The Labute approximate surface area is 140 Å². The summed E-state index contributed by atoms with van der Waals surface area (Å²) >= 11 is 3.27. The molecule has 0 saturated carbocycles. The van der Waals surface area contributed by atoms with E-state index in [1.165, 1.54) is 25.1 Å². The van der Waals surface area contributed by atoms with Crippen LogP contribution in [0.2, 0.25) is 0 Å². The van der Waals surface area contributed by atoms with Crippen LogP contribution in [0, 0.1) is 17.0 Å². The summed E-state index contributed by atoms with van der Waals surface area (Å²) in [5.74, 6) is -1.03. The van der Waals surface area contributed by atoms with E-state index in [-0.39, 0.29) is 17.0 Å². The smallest absolute Gasteiger partial charge is 0.338 e. The Bertz CT molecular complexity index is 771. The van der Waals surface area contributed by atoms with Gasteiger partial charge in [-0.2, -0.15) is 0 Å². The average Bonchev–Trinajstić information content (AvgIpc) is 2.52. The van der Waals surface area contributed by atoms with Crippen LogP contribution in [0.15, 0.2) is 46.9 Å². The maximum atomic E-state index is 11.9. The second kappa shape index (κ2) is 7.15. The molecule has 0 saturated heterocycles. The van der Waals surface area contributed by atoms with Gasteiger partial charge in [-0.15, -0.1) is 0 Å². The molecular weight excluding hydrogens is 366 g/mol. The molecule has 0 aliphatic rings. The molecule has 0 aromatic heterocycles. The molecule has 2 rings (SSSR count). The standard InChI is InChI=1S/C16H12BrNO5/c1-10-8-12(4-7-14(10)18(21)22)16(20)23-9-15(19)11-2-5-13(17)6-3-11/h2-8H,9H2,1H3. The fraction of sp³-hybridized carbons (Fsp3) is 0.125.